The van der Waals surface area contributed by atoms with Crippen molar-refractivity contribution in [3.05, 3.63) is 0 Å². The molecular weight excluding hydrogens is 200 g/mol. The van der Waals surface area contributed by atoms with Gasteiger partial charge in [-0.3, -0.25) is 0 Å². The molecule has 1 saturated heterocycles. The normalized spacial score (nSPS) is 21.6. The number of aliphatic hydroxyl groups is 1. The van der Waals surface area contributed by atoms with Crippen LogP contribution < -0.4 is 0 Å². The van der Waals surface area contributed by atoms with Gasteiger partial charge in [-0.05, 0) is 72.8 Å². The molecule has 0 aromatic rings. The quantitative estimate of drug-likeness (QED) is 0.699. The highest BCUT2D eigenvalue weighted by Gasteiger charge is 2.19. The summed E-state index contributed by atoms with van der Waals surface area (Å²) in [6.45, 7) is 5.53. The van der Waals surface area contributed by atoms with E-state index in [0.717, 1.165) is 18.9 Å². The number of unbranched alkanes of at least 4 members (excludes halogenated alkanes) is 1. The van der Waals surface area contributed by atoms with Gasteiger partial charge in [-0.2, -0.15) is 0 Å². The van der Waals surface area contributed by atoms with Gasteiger partial charge in [0.1, 0.15) is 0 Å². The molecule has 0 aromatic carbocycles. The molecule has 1 N–H and O–H groups in total. The lowest BCUT2D eigenvalue weighted by Gasteiger charge is -2.35. The van der Waals surface area contributed by atoms with E-state index >= 15 is 0 Å². The summed E-state index contributed by atoms with van der Waals surface area (Å²) in [5, 5.41) is 9.18. The van der Waals surface area contributed by atoms with Crippen LogP contribution in [0.3, 0.4) is 0 Å². The zero-order valence-corrected chi connectivity index (χ0v) is 11.2. The number of nitrogens with zero attached hydrogens (tertiary/aromatic N) is 2. The predicted molar refractivity (Wildman–Crippen MR) is 68.7 cm³/mol. The summed E-state index contributed by atoms with van der Waals surface area (Å²) < 4.78 is 0. The van der Waals surface area contributed by atoms with Gasteiger partial charge in [0.25, 0.3) is 0 Å². The van der Waals surface area contributed by atoms with E-state index in [-0.39, 0.29) is 6.10 Å². The molecule has 1 rings (SSSR count). The molecule has 1 aliphatic rings. The van der Waals surface area contributed by atoms with Crippen molar-refractivity contribution >= 4 is 0 Å². The number of likely N-dealkylation sites (tertiary alicyclic amines) is 1. The maximum Gasteiger partial charge on any atom is 0.0512 e. The van der Waals surface area contributed by atoms with Crippen LogP contribution in [0.1, 0.15) is 39.0 Å². The van der Waals surface area contributed by atoms with Gasteiger partial charge in [-0.1, -0.05) is 0 Å². The SMILES string of the molecule is CC(O)CCCCN(C)C1CCN(C)CC1. The van der Waals surface area contributed by atoms with Crippen LogP contribution in [0.5, 0.6) is 0 Å². The summed E-state index contributed by atoms with van der Waals surface area (Å²) in [4.78, 5) is 4.92. The molecular formula is C13H28N2O. The van der Waals surface area contributed by atoms with Crippen molar-refractivity contribution in [3.8, 4) is 0 Å². The smallest absolute Gasteiger partial charge is 0.0512 e. The van der Waals surface area contributed by atoms with Gasteiger partial charge in [-0.15, -0.1) is 0 Å². The van der Waals surface area contributed by atoms with Crippen LogP contribution in [0.4, 0.5) is 0 Å². The number of piperidine rings is 1. The lowest BCUT2D eigenvalue weighted by molar-refractivity contribution is 0.138. The highest BCUT2D eigenvalue weighted by atomic mass is 16.3. The minimum atomic E-state index is -0.131. The third-order valence-corrected chi connectivity index (χ3v) is 3.69. The second-order valence-corrected chi connectivity index (χ2v) is 5.36. The Morgan fingerprint density at radius 2 is 1.94 bits per heavy atom. The number of aliphatic hydroxyl groups excluding tert-OH is 1. The molecule has 0 spiro atoms. The van der Waals surface area contributed by atoms with E-state index in [1.165, 1.54) is 38.9 Å². The van der Waals surface area contributed by atoms with Crippen molar-refractivity contribution in [2.75, 3.05) is 33.7 Å². The molecule has 0 amide bonds. The molecule has 0 saturated carbocycles. The summed E-state index contributed by atoms with van der Waals surface area (Å²) in [7, 11) is 4.46. The first-order chi connectivity index (χ1) is 7.59. The standard InChI is InChI=1S/C13H28N2O/c1-12(16)6-4-5-9-15(3)13-7-10-14(2)11-8-13/h12-13,16H,4-11H2,1-3H3. The summed E-state index contributed by atoms with van der Waals surface area (Å²) in [6, 6.07) is 0.780. The van der Waals surface area contributed by atoms with Crippen molar-refractivity contribution in [1.82, 2.24) is 9.80 Å². The van der Waals surface area contributed by atoms with Crippen molar-refractivity contribution in [1.29, 1.82) is 0 Å². The van der Waals surface area contributed by atoms with Crippen LogP contribution in [-0.4, -0.2) is 60.8 Å². The zero-order valence-electron chi connectivity index (χ0n) is 11.2. The molecule has 0 aromatic heterocycles. The average molecular weight is 228 g/mol. The summed E-state index contributed by atoms with van der Waals surface area (Å²) >= 11 is 0. The fraction of sp³-hybridized carbons (Fsp3) is 1.00. The average Bonchev–Trinajstić information content (AvgIpc) is 2.25. The predicted octanol–water partition coefficient (Wildman–Crippen LogP) is 1.56. The highest BCUT2D eigenvalue weighted by molar-refractivity contribution is 4.76. The zero-order chi connectivity index (χ0) is 12.0. The van der Waals surface area contributed by atoms with E-state index in [1.54, 1.807) is 0 Å². The second-order valence-electron chi connectivity index (χ2n) is 5.36. The topological polar surface area (TPSA) is 26.7 Å². The summed E-state index contributed by atoms with van der Waals surface area (Å²) in [6.07, 6.45) is 5.80. The first-order valence-electron chi connectivity index (χ1n) is 6.66. The lowest BCUT2D eigenvalue weighted by atomic mass is 10.0. The van der Waals surface area contributed by atoms with Gasteiger partial charge < -0.3 is 14.9 Å². The van der Waals surface area contributed by atoms with Gasteiger partial charge in [0.2, 0.25) is 0 Å². The van der Waals surface area contributed by atoms with E-state index in [4.69, 9.17) is 0 Å². The van der Waals surface area contributed by atoms with Crippen LogP contribution in [0, 0.1) is 0 Å². The lowest BCUT2D eigenvalue weighted by Crippen LogP contribution is -2.42. The van der Waals surface area contributed by atoms with E-state index in [0.29, 0.717) is 0 Å². The third-order valence-electron chi connectivity index (χ3n) is 3.69. The minimum absolute atomic E-state index is 0.131. The first kappa shape index (κ1) is 13.9. The second kappa shape index (κ2) is 7.25. The third kappa shape index (κ3) is 5.28. The molecule has 1 heterocycles. The first-order valence-corrected chi connectivity index (χ1v) is 6.66. The number of hydrogen-bond donors (Lipinski definition) is 1. The number of rotatable bonds is 6. The van der Waals surface area contributed by atoms with Gasteiger partial charge in [0.15, 0.2) is 0 Å². The van der Waals surface area contributed by atoms with Gasteiger partial charge >= 0.3 is 0 Å². The van der Waals surface area contributed by atoms with Crippen LogP contribution in [0.15, 0.2) is 0 Å². The van der Waals surface area contributed by atoms with Crippen molar-refractivity contribution < 1.29 is 5.11 Å². The fourth-order valence-corrected chi connectivity index (χ4v) is 2.42. The van der Waals surface area contributed by atoms with E-state index in [9.17, 15) is 5.11 Å². The van der Waals surface area contributed by atoms with Crippen LogP contribution in [0.25, 0.3) is 0 Å². The van der Waals surface area contributed by atoms with Crippen molar-refractivity contribution in [2.24, 2.45) is 0 Å². The summed E-state index contributed by atoms with van der Waals surface area (Å²) in [5.41, 5.74) is 0. The molecule has 1 atom stereocenters. The summed E-state index contributed by atoms with van der Waals surface area (Å²) in [5.74, 6) is 0. The fourth-order valence-electron chi connectivity index (χ4n) is 2.42. The van der Waals surface area contributed by atoms with E-state index in [1.807, 2.05) is 6.92 Å². The highest BCUT2D eigenvalue weighted by Crippen LogP contribution is 2.14. The number of hydrogen-bond acceptors (Lipinski definition) is 3. The Morgan fingerprint density at radius 1 is 1.31 bits per heavy atom. The molecule has 3 nitrogen and oxygen atoms in total. The Bertz CT molecular complexity index is 177. The van der Waals surface area contributed by atoms with Crippen LogP contribution >= 0.6 is 0 Å². The maximum atomic E-state index is 9.18. The monoisotopic (exact) mass is 228 g/mol. The molecule has 0 bridgehead atoms. The van der Waals surface area contributed by atoms with E-state index < -0.39 is 0 Å². The maximum absolute atomic E-state index is 9.18. The largest absolute Gasteiger partial charge is 0.393 e. The van der Waals surface area contributed by atoms with Gasteiger partial charge in [0.05, 0.1) is 6.10 Å². The molecule has 0 aliphatic carbocycles. The molecule has 1 aliphatic heterocycles. The van der Waals surface area contributed by atoms with Crippen molar-refractivity contribution in [2.45, 2.75) is 51.2 Å². The minimum Gasteiger partial charge on any atom is -0.393 e. The Morgan fingerprint density at radius 3 is 2.50 bits per heavy atom. The Kier molecular flexibility index (Phi) is 6.32. The van der Waals surface area contributed by atoms with E-state index in [2.05, 4.69) is 23.9 Å². The molecule has 16 heavy (non-hydrogen) atoms. The molecule has 96 valence electrons. The molecule has 1 fully saturated rings. The van der Waals surface area contributed by atoms with Crippen LogP contribution in [0.2, 0.25) is 0 Å². The van der Waals surface area contributed by atoms with Gasteiger partial charge in [0, 0.05) is 6.04 Å². The molecule has 3 heteroatoms. The van der Waals surface area contributed by atoms with Gasteiger partial charge in [-0.25, -0.2) is 0 Å². The Hall–Kier alpha value is -0.120. The van der Waals surface area contributed by atoms with Crippen LogP contribution in [-0.2, 0) is 0 Å². The molecule has 0 radical (unpaired) electrons. The Labute approximate surface area is 100 Å². The Balaban J connectivity index is 2.08. The van der Waals surface area contributed by atoms with Crippen molar-refractivity contribution in [3.63, 3.8) is 0 Å². The molecule has 1 unspecified atom stereocenters.